The number of carboxylic acid groups (broad SMARTS) is 1. The minimum absolute atomic E-state index is 0.00487. The number of hydrogen-bond acceptors (Lipinski definition) is 3. The third-order valence-electron chi connectivity index (χ3n) is 2.72. The van der Waals surface area contributed by atoms with Crippen LogP contribution in [0.3, 0.4) is 0 Å². The van der Waals surface area contributed by atoms with Crippen molar-refractivity contribution in [2.45, 2.75) is 5.75 Å². The van der Waals surface area contributed by atoms with Crippen molar-refractivity contribution in [1.29, 1.82) is 0 Å². The number of aromatic carboxylic acids is 1. The lowest BCUT2D eigenvalue weighted by Gasteiger charge is -2.09. The van der Waals surface area contributed by atoms with Crippen LogP contribution in [0.2, 0.25) is 10.0 Å². The number of carboxylic acids is 1. The summed E-state index contributed by atoms with van der Waals surface area (Å²) in [5.41, 5.74) is 0.644. The van der Waals surface area contributed by atoms with Gasteiger partial charge in [0.15, 0.2) is 0 Å². The topological polar surface area (TPSA) is 83.5 Å². The van der Waals surface area contributed by atoms with E-state index in [1.165, 1.54) is 36.4 Å². The van der Waals surface area contributed by atoms with Crippen molar-refractivity contribution in [3.05, 3.63) is 63.6 Å². The highest BCUT2D eigenvalue weighted by Crippen LogP contribution is 2.24. The third-order valence-corrected chi connectivity index (χ3v) is 4.72. The van der Waals surface area contributed by atoms with E-state index in [0.29, 0.717) is 10.6 Å². The van der Waals surface area contributed by atoms with Gasteiger partial charge in [0.25, 0.3) is 0 Å². The molecule has 0 amide bonds. The van der Waals surface area contributed by atoms with Crippen molar-refractivity contribution in [2.24, 2.45) is 0 Å². The Hall–Kier alpha value is -1.76. The molecule has 0 aliphatic rings. The van der Waals surface area contributed by atoms with E-state index < -0.39 is 16.0 Å². The van der Waals surface area contributed by atoms with Crippen LogP contribution in [0, 0.1) is 0 Å². The van der Waals surface area contributed by atoms with Crippen LogP contribution in [0.15, 0.2) is 42.5 Å². The van der Waals surface area contributed by atoms with Gasteiger partial charge in [-0.2, -0.15) is 0 Å². The van der Waals surface area contributed by atoms with Crippen molar-refractivity contribution in [2.75, 3.05) is 4.72 Å². The van der Waals surface area contributed by atoms with Crippen molar-refractivity contribution in [1.82, 2.24) is 0 Å². The maximum atomic E-state index is 12.1. The van der Waals surface area contributed by atoms with E-state index in [0.717, 1.165) is 0 Å². The predicted molar refractivity (Wildman–Crippen MR) is 86.1 cm³/mol. The summed E-state index contributed by atoms with van der Waals surface area (Å²) in [6, 6.07) is 10.1. The number of sulfonamides is 1. The Morgan fingerprint density at radius 2 is 1.82 bits per heavy atom. The zero-order valence-corrected chi connectivity index (χ0v) is 13.4. The number of anilines is 1. The average molecular weight is 360 g/mol. The van der Waals surface area contributed by atoms with Crippen LogP contribution in [0.5, 0.6) is 0 Å². The van der Waals surface area contributed by atoms with Gasteiger partial charge in [-0.15, -0.1) is 0 Å². The lowest BCUT2D eigenvalue weighted by molar-refractivity contribution is 0.0697. The molecule has 116 valence electrons. The molecule has 0 aliphatic carbocycles. The van der Waals surface area contributed by atoms with Gasteiger partial charge in [0.05, 0.1) is 21.4 Å². The fraction of sp³-hybridized carbons (Fsp3) is 0.0714. The molecule has 0 saturated heterocycles. The van der Waals surface area contributed by atoms with Crippen molar-refractivity contribution >= 4 is 44.9 Å². The fourth-order valence-electron chi connectivity index (χ4n) is 1.78. The highest BCUT2D eigenvalue weighted by atomic mass is 35.5. The molecule has 0 atom stereocenters. The molecule has 0 aromatic heterocycles. The van der Waals surface area contributed by atoms with Crippen LogP contribution in [0.4, 0.5) is 5.69 Å². The first-order valence-corrected chi connectivity index (χ1v) is 8.45. The number of benzene rings is 2. The van der Waals surface area contributed by atoms with Crippen LogP contribution in [-0.2, 0) is 15.8 Å². The largest absolute Gasteiger partial charge is 0.478 e. The molecule has 0 fully saturated rings. The standard InChI is InChI=1S/C14H11Cl2NO4S/c15-12-5-4-9(6-13(12)16)8-22(20,21)17-11-3-1-2-10(7-11)14(18)19/h1-7,17H,8H2,(H,18,19). The summed E-state index contributed by atoms with van der Waals surface area (Å²) >= 11 is 11.6. The molecule has 0 spiro atoms. The summed E-state index contributed by atoms with van der Waals surface area (Å²) < 4.78 is 26.6. The fourth-order valence-corrected chi connectivity index (χ4v) is 3.28. The van der Waals surface area contributed by atoms with Crippen molar-refractivity contribution in [3.63, 3.8) is 0 Å². The van der Waals surface area contributed by atoms with Gasteiger partial charge in [0.1, 0.15) is 0 Å². The molecule has 22 heavy (non-hydrogen) atoms. The molecule has 2 rings (SSSR count). The number of halogens is 2. The quantitative estimate of drug-likeness (QED) is 0.853. The first-order valence-electron chi connectivity index (χ1n) is 6.04. The van der Waals surface area contributed by atoms with Crippen molar-refractivity contribution < 1.29 is 18.3 Å². The molecule has 0 aliphatic heterocycles. The van der Waals surface area contributed by atoms with Crippen LogP contribution in [0.25, 0.3) is 0 Å². The molecule has 0 heterocycles. The van der Waals surface area contributed by atoms with Gasteiger partial charge in [-0.1, -0.05) is 35.3 Å². The molecular weight excluding hydrogens is 349 g/mol. The van der Waals surface area contributed by atoms with Gasteiger partial charge in [-0.3, -0.25) is 4.72 Å². The Morgan fingerprint density at radius 3 is 2.45 bits per heavy atom. The van der Waals surface area contributed by atoms with E-state index in [4.69, 9.17) is 28.3 Å². The number of hydrogen-bond donors (Lipinski definition) is 2. The summed E-state index contributed by atoms with van der Waals surface area (Å²) in [7, 11) is -3.70. The molecule has 2 N–H and O–H groups in total. The molecule has 0 radical (unpaired) electrons. The average Bonchev–Trinajstić information content (AvgIpc) is 2.42. The molecular formula is C14H11Cl2NO4S. The van der Waals surface area contributed by atoms with Crippen LogP contribution in [-0.4, -0.2) is 19.5 Å². The summed E-state index contributed by atoms with van der Waals surface area (Å²) in [4.78, 5) is 10.9. The van der Waals surface area contributed by atoms with Gasteiger partial charge >= 0.3 is 5.97 Å². The molecule has 0 bridgehead atoms. The summed E-state index contributed by atoms with van der Waals surface area (Å²) in [6.45, 7) is 0. The molecule has 8 heteroatoms. The SMILES string of the molecule is O=C(O)c1cccc(NS(=O)(=O)Cc2ccc(Cl)c(Cl)c2)c1. The smallest absolute Gasteiger partial charge is 0.335 e. The number of rotatable bonds is 5. The van der Waals surface area contributed by atoms with Gasteiger partial charge in [-0.25, -0.2) is 13.2 Å². The van der Waals surface area contributed by atoms with E-state index in [1.807, 2.05) is 0 Å². The first-order chi connectivity index (χ1) is 10.3. The van der Waals surface area contributed by atoms with Crippen LogP contribution >= 0.6 is 23.2 Å². The van der Waals surface area contributed by atoms with E-state index >= 15 is 0 Å². The Bertz CT molecular complexity index is 821. The number of carbonyl (C=O) groups is 1. The lowest BCUT2D eigenvalue weighted by atomic mass is 10.2. The zero-order chi connectivity index (χ0) is 16.3. The Morgan fingerprint density at radius 1 is 1.09 bits per heavy atom. The minimum atomic E-state index is -3.70. The summed E-state index contributed by atoms with van der Waals surface area (Å²) in [5, 5.41) is 9.50. The van der Waals surface area contributed by atoms with E-state index in [2.05, 4.69) is 4.72 Å². The van der Waals surface area contributed by atoms with Gasteiger partial charge in [-0.05, 0) is 35.9 Å². The van der Waals surface area contributed by atoms with Crippen molar-refractivity contribution in [3.8, 4) is 0 Å². The van der Waals surface area contributed by atoms with E-state index in [1.54, 1.807) is 6.07 Å². The second-order valence-electron chi connectivity index (χ2n) is 4.50. The molecule has 5 nitrogen and oxygen atoms in total. The maximum Gasteiger partial charge on any atom is 0.335 e. The molecule has 2 aromatic carbocycles. The van der Waals surface area contributed by atoms with Gasteiger partial charge in [0.2, 0.25) is 10.0 Å². The Labute approximate surface area is 137 Å². The van der Waals surface area contributed by atoms with E-state index in [-0.39, 0.29) is 22.0 Å². The normalized spacial score (nSPS) is 11.2. The second kappa shape index (κ2) is 6.56. The molecule has 0 saturated carbocycles. The highest BCUT2D eigenvalue weighted by Gasteiger charge is 2.14. The maximum absolute atomic E-state index is 12.1. The monoisotopic (exact) mass is 359 g/mol. The Kier molecular flexibility index (Phi) is 4.95. The lowest BCUT2D eigenvalue weighted by Crippen LogP contribution is -2.15. The molecule has 0 unspecified atom stereocenters. The van der Waals surface area contributed by atoms with E-state index in [9.17, 15) is 13.2 Å². The van der Waals surface area contributed by atoms with Crippen LogP contribution < -0.4 is 4.72 Å². The number of nitrogens with one attached hydrogen (secondary N) is 1. The molecule has 2 aromatic rings. The Balaban J connectivity index is 2.19. The van der Waals surface area contributed by atoms with Gasteiger partial charge < -0.3 is 5.11 Å². The highest BCUT2D eigenvalue weighted by molar-refractivity contribution is 7.91. The summed E-state index contributed by atoms with van der Waals surface area (Å²) in [5.74, 6) is -1.44. The van der Waals surface area contributed by atoms with Gasteiger partial charge in [0, 0.05) is 5.69 Å². The third kappa shape index (κ3) is 4.37. The zero-order valence-electron chi connectivity index (χ0n) is 11.1. The summed E-state index contributed by atoms with van der Waals surface area (Å²) in [6.07, 6.45) is 0. The first kappa shape index (κ1) is 16.6. The minimum Gasteiger partial charge on any atom is -0.478 e. The predicted octanol–water partition coefficient (Wildman–Crippen LogP) is 3.63. The van der Waals surface area contributed by atoms with Crippen LogP contribution in [0.1, 0.15) is 15.9 Å². The second-order valence-corrected chi connectivity index (χ2v) is 7.03.